The number of rotatable bonds is 7. The van der Waals surface area contributed by atoms with Crippen molar-refractivity contribution in [3.05, 3.63) is 48.1 Å². The topological polar surface area (TPSA) is 41.6 Å². The molecule has 4 heteroatoms. The second-order valence-corrected chi connectivity index (χ2v) is 8.49. The molecule has 4 nitrogen and oxygen atoms in total. The molecule has 2 aliphatic rings. The number of ether oxygens (including phenoxy) is 1. The van der Waals surface area contributed by atoms with E-state index in [0.717, 1.165) is 50.1 Å². The second kappa shape index (κ2) is 10.5. The molecular weight excluding hydrogens is 360 g/mol. The minimum absolute atomic E-state index is 0.0176. The smallest absolute Gasteiger partial charge is 0.322 e. The molecule has 1 N–H and O–H groups in total. The van der Waals surface area contributed by atoms with Crippen molar-refractivity contribution >= 4 is 11.7 Å². The number of amides is 2. The van der Waals surface area contributed by atoms with Crippen LogP contribution in [-0.4, -0.2) is 30.1 Å². The third-order valence-corrected chi connectivity index (χ3v) is 6.27. The standard InChI is InChI=1S/C25H36N2O2/c1-4-29-24-16-14-22(15-17-24)26-25(28)27(23-8-6-5-7-9-23)18-20-10-12-21(13-11-20)19(2)3/h10,14-17,21,23H,2,4-9,11-13,18H2,1,3H3,(H,26,28). The Morgan fingerprint density at radius 3 is 2.48 bits per heavy atom. The molecule has 3 rings (SSSR count). The van der Waals surface area contributed by atoms with E-state index < -0.39 is 0 Å². The molecule has 0 aromatic heterocycles. The van der Waals surface area contributed by atoms with E-state index in [-0.39, 0.29) is 6.03 Å². The van der Waals surface area contributed by atoms with Crippen LogP contribution in [-0.2, 0) is 0 Å². The maximum Gasteiger partial charge on any atom is 0.322 e. The Bertz CT molecular complexity index is 717. The van der Waals surface area contributed by atoms with Crippen LogP contribution in [0.5, 0.6) is 5.75 Å². The first kappa shape index (κ1) is 21.5. The highest BCUT2D eigenvalue weighted by Crippen LogP contribution is 2.30. The van der Waals surface area contributed by atoms with Gasteiger partial charge in [-0.3, -0.25) is 0 Å². The summed E-state index contributed by atoms with van der Waals surface area (Å²) in [6.45, 7) is 9.60. The van der Waals surface area contributed by atoms with E-state index in [9.17, 15) is 4.79 Å². The number of hydrogen-bond donors (Lipinski definition) is 1. The van der Waals surface area contributed by atoms with Crippen LogP contribution in [0.1, 0.15) is 65.2 Å². The van der Waals surface area contributed by atoms with Gasteiger partial charge in [-0.25, -0.2) is 4.79 Å². The number of nitrogens with zero attached hydrogens (tertiary/aromatic N) is 1. The third kappa shape index (κ3) is 6.12. The van der Waals surface area contributed by atoms with Gasteiger partial charge in [0.25, 0.3) is 0 Å². The Morgan fingerprint density at radius 2 is 1.90 bits per heavy atom. The number of urea groups is 1. The van der Waals surface area contributed by atoms with Gasteiger partial charge in [0.15, 0.2) is 0 Å². The molecule has 0 aliphatic heterocycles. The Kier molecular flexibility index (Phi) is 7.79. The van der Waals surface area contributed by atoms with Crippen molar-refractivity contribution in [3.8, 4) is 5.75 Å². The van der Waals surface area contributed by atoms with Crippen LogP contribution >= 0.6 is 0 Å². The van der Waals surface area contributed by atoms with E-state index in [4.69, 9.17) is 4.74 Å². The summed E-state index contributed by atoms with van der Waals surface area (Å²) in [5, 5.41) is 3.12. The van der Waals surface area contributed by atoms with Crippen LogP contribution in [0.3, 0.4) is 0 Å². The van der Waals surface area contributed by atoms with Crippen molar-refractivity contribution in [2.45, 2.75) is 71.3 Å². The minimum atomic E-state index is 0.0176. The lowest BCUT2D eigenvalue weighted by atomic mass is 9.85. The second-order valence-electron chi connectivity index (χ2n) is 8.49. The quantitative estimate of drug-likeness (QED) is 0.531. The zero-order valence-corrected chi connectivity index (χ0v) is 18.1. The molecular formula is C25H36N2O2. The number of hydrogen-bond acceptors (Lipinski definition) is 2. The summed E-state index contributed by atoms with van der Waals surface area (Å²) in [6, 6.07) is 8.00. The molecule has 2 aliphatic carbocycles. The van der Waals surface area contributed by atoms with E-state index in [1.165, 1.54) is 30.4 Å². The van der Waals surface area contributed by atoms with Gasteiger partial charge in [0, 0.05) is 18.3 Å². The van der Waals surface area contributed by atoms with Crippen molar-refractivity contribution < 1.29 is 9.53 Å². The molecule has 1 aromatic rings. The van der Waals surface area contributed by atoms with E-state index in [1.807, 2.05) is 31.2 Å². The molecule has 1 atom stereocenters. The Balaban J connectivity index is 1.67. The minimum Gasteiger partial charge on any atom is -0.494 e. The van der Waals surface area contributed by atoms with Gasteiger partial charge in [-0.2, -0.15) is 0 Å². The van der Waals surface area contributed by atoms with Gasteiger partial charge in [0.1, 0.15) is 5.75 Å². The van der Waals surface area contributed by atoms with Crippen molar-refractivity contribution in [1.82, 2.24) is 4.90 Å². The molecule has 0 saturated heterocycles. The van der Waals surface area contributed by atoms with Gasteiger partial charge >= 0.3 is 6.03 Å². The van der Waals surface area contributed by atoms with E-state index >= 15 is 0 Å². The van der Waals surface area contributed by atoms with Gasteiger partial charge in [-0.1, -0.05) is 43.1 Å². The first-order valence-corrected chi connectivity index (χ1v) is 11.2. The van der Waals surface area contributed by atoms with Crippen molar-refractivity contribution in [2.24, 2.45) is 5.92 Å². The fourth-order valence-corrected chi connectivity index (χ4v) is 4.45. The van der Waals surface area contributed by atoms with Crippen molar-refractivity contribution in [2.75, 3.05) is 18.5 Å². The lowest BCUT2D eigenvalue weighted by Gasteiger charge is -2.36. The normalized spacial score (nSPS) is 19.9. The Labute approximate surface area is 176 Å². The van der Waals surface area contributed by atoms with Crippen LogP contribution in [0.4, 0.5) is 10.5 Å². The number of nitrogens with one attached hydrogen (secondary N) is 1. The fourth-order valence-electron chi connectivity index (χ4n) is 4.45. The molecule has 1 unspecified atom stereocenters. The Morgan fingerprint density at radius 1 is 1.17 bits per heavy atom. The molecule has 1 saturated carbocycles. The number of benzene rings is 1. The van der Waals surface area contributed by atoms with Gasteiger partial charge < -0.3 is 15.0 Å². The average molecular weight is 397 g/mol. The summed E-state index contributed by atoms with van der Waals surface area (Å²) >= 11 is 0. The molecule has 2 amide bonds. The molecule has 29 heavy (non-hydrogen) atoms. The van der Waals surface area contributed by atoms with Crippen LogP contribution < -0.4 is 10.1 Å². The third-order valence-electron chi connectivity index (χ3n) is 6.27. The van der Waals surface area contributed by atoms with E-state index in [0.29, 0.717) is 18.6 Å². The zero-order valence-electron chi connectivity index (χ0n) is 18.1. The number of anilines is 1. The molecule has 0 bridgehead atoms. The lowest BCUT2D eigenvalue weighted by molar-refractivity contribution is 0.173. The molecule has 1 aromatic carbocycles. The maximum absolute atomic E-state index is 13.2. The van der Waals surface area contributed by atoms with Crippen LogP contribution in [0.2, 0.25) is 0 Å². The summed E-state index contributed by atoms with van der Waals surface area (Å²) in [4.78, 5) is 15.3. The van der Waals surface area contributed by atoms with Gasteiger partial charge in [-0.05, 0) is 76.1 Å². The van der Waals surface area contributed by atoms with Crippen LogP contribution in [0, 0.1) is 5.92 Å². The number of allylic oxidation sites excluding steroid dienone is 2. The summed E-state index contributed by atoms with van der Waals surface area (Å²) < 4.78 is 5.50. The van der Waals surface area contributed by atoms with Crippen LogP contribution in [0.25, 0.3) is 0 Å². The molecule has 1 fully saturated rings. The highest BCUT2D eigenvalue weighted by Gasteiger charge is 2.27. The average Bonchev–Trinajstić information content (AvgIpc) is 2.74. The van der Waals surface area contributed by atoms with Crippen LogP contribution in [0.15, 0.2) is 48.1 Å². The van der Waals surface area contributed by atoms with E-state index in [1.54, 1.807) is 0 Å². The summed E-state index contributed by atoms with van der Waals surface area (Å²) in [5.74, 6) is 1.42. The lowest BCUT2D eigenvalue weighted by Crippen LogP contribution is -2.45. The van der Waals surface area contributed by atoms with Gasteiger partial charge in [0.05, 0.1) is 6.61 Å². The summed E-state index contributed by atoms with van der Waals surface area (Å²) in [7, 11) is 0. The zero-order chi connectivity index (χ0) is 20.6. The first-order chi connectivity index (χ1) is 14.1. The molecule has 0 spiro atoms. The Hall–Kier alpha value is -2.23. The fraction of sp³-hybridized carbons (Fsp3) is 0.560. The first-order valence-electron chi connectivity index (χ1n) is 11.2. The number of carbonyl (C=O) groups excluding carboxylic acids is 1. The van der Waals surface area contributed by atoms with Gasteiger partial charge in [0.2, 0.25) is 0 Å². The molecule has 0 heterocycles. The molecule has 158 valence electrons. The van der Waals surface area contributed by atoms with Crippen molar-refractivity contribution in [1.29, 1.82) is 0 Å². The van der Waals surface area contributed by atoms with Crippen molar-refractivity contribution in [3.63, 3.8) is 0 Å². The predicted molar refractivity (Wildman–Crippen MR) is 120 cm³/mol. The summed E-state index contributed by atoms with van der Waals surface area (Å²) in [6.07, 6.45) is 11.6. The predicted octanol–water partition coefficient (Wildman–Crippen LogP) is 6.55. The highest BCUT2D eigenvalue weighted by molar-refractivity contribution is 5.89. The summed E-state index contributed by atoms with van der Waals surface area (Å²) in [5.41, 5.74) is 3.49. The van der Waals surface area contributed by atoms with Gasteiger partial charge in [-0.15, -0.1) is 0 Å². The monoisotopic (exact) mass is 396 g/mol. The maximum atomic E-state index is 13.2. The SMILES string of the molecule is C=C(C)C1CC=C(CN(C(=O)Nc2ccc(OCC)cc2)C2CCCCC2)CC1. The largest absolute Gasteiger partial charge is 0.494 e. The number of carbonyl (C=O) groups is 1. The molecule has 0 radical (unpaired) electrons. The van der Waals surface area contributed by atoms with E-state index in [2.05, 4.69) is 29.8 Å². The highest BCUT2D eigenvalue weighted by atomic mass is 16.5.